The molecule has 2 rings (SSSR count). The van der Waals surface area contributed by atoms with Crippen molar-refractivity contribution in [1.29, 1.82) is 0 Å². The summed E-state index contributed by atoms with van der Waals surface area (Å²) in [5.41, 5.74) is 0. The average molecular weight is 445 g/mol. The van der Waals surface area contributed by atoms with Gasteiger partial charge in [0.1, 0.15) is 4.21 Å². The summed E-state index contributed by atoms with van der Waals surface area (Å²) in [5, 5.41) is 7.92. The maximum Gasteiger partial charge on any atom is 0.250 e. The van der Waals surface area contributed by atoms with Crippen molar-refractivity contribution in [3.05, 3.63) is 17.5 Å². The zero-order valence-corrected chi connectivity index (χ0v) is 19.0. The highest BCUT2D eigenvalue weighted by atomic mass is 32.2. The van der Waals surface area contributed by atoms with Gasteiger partial charge < -0.3 is 15.5 Å². The molecular weight excluding hydrogens is 412 g/mol. The van der Waals surface area contributed by atoms with Crippen LogP contribution in [0.2, 0.25) is 0 Å². The average Bonchev–Trinajstić information content (AvgIpc) is 3.20. The lowest BCUT2D eigenvalue weighted by molar-refractivity contribution is -0.123. The fraction of sp³-hybridized carbons (Fsp3) is 0.667. The molecule has 1 amide bonds. The molecule has 0 unspecified atom stereocenters. The normalized spacial score (nSPS) is 16.3. The van der Waals surface area contributed by atoms with Crippen LogP contribution in [0.4, 0.5) is 0 Å². The minimum absolute atomic E-state index is 0.0482. The summed E-state index contributed by atoms with van der Waals surface area (Å²) in [4.78, 5) is 20.8. The maximum atomic E-state index is 12.1. The van der Waals surface area contributed by atoms with E-state index in [9.17, 15) is 13.2 Å². The Balaban J connectivity index is 1.81. The third-order valence-electron chi connectivity index (χ3n) is 4.25. The van der Waals surface area contributed by atoms with Crippen LogP contribution in [0.15, 0.2) is 26.7 Å². The molecule has 0 aliphatic carbocycles. The summed E-state index contributed by atoms with van der Waals surface area (Å²) in [7, 11) is -3.46. The van der Waals surface area contributed by atoms with Crippen LogP contribution in [0.3, 0.4) is 0 Å². The van der Waals surface area contributed by atoms with Gasteiger partial charge in [-0.25, -0.2) is 13.1 Å². The predicted molar refractivity (Wildman–Crippen MR) is 117 cm³/mol. The number of aliphatic imine (C=N–C) groups is 1. The van der Waals surface area contributed by atoms with Gasteiger partial charge in [-0.05, 0) is 32.2 Å². The standard InChI is InChI=1S/C18H32N6O3S2/c1-4-19-18(20-7-8-21-29(26,27)17-6-5-13-28-17)24-11-9-23(10-12-24)14-16(25)22-15(2)3/h5-6,13,15,21H,4,7-12,14H2,1-3H3,(H,19,20)(H,22,25). The third kappa shape index (κ3) is 7.92. The molecule has 0 bridgehead atoms. The molecule has 1 aliphatic heterocycles. The summed E-state index contributed by atoms with van der Waals surface area (Å²) in [6, 6.07) is 3.45. The highest BCUT2D eigenvalue weighted by Gasteiger charge is 2.21. The second kappa shape index (κ2) is 11.5. The van der Waals surface area contributed by atoms with Crippen molar-refractivity contribution in [2.24, 2.45) is 4.99 Å². The van der Waals surface area contributed by atoms with Crippen LogP contribution in [0, 0.1) is 0 Å². The van der Waals surface area contributed by atoms with Gasteiger partial charge in [-0.1, -0.05) is 6.07 Å². The van der Waals surface area contributed by atoms with E-state index in [4.69, 9.17) is 0 Å². The molecule has 9 nitrogen and oxygen atoms in total. The number of guanidine groups is 1. The monoisotopic (exact) mass is 444 g/mol. The van der Waals surface area contributed by atoms with Crippen LogP contribution in [0.1, 0.15) is 20.8 Å². The smallest absolute Gasteiger partial charge is 0.250 e. The van der Waals surface area contributed by atoms with Crippen molar-refractivity contribution >= 4 is 33.2 Å². The van der Waals surface area contributed by atoms with Crippen LogP contribution in [0.25, 0.3) is 0 Å². The highest BCUT2D eigenvalue weighted by molar-refractivity contribution is 7.91. The molecule has 1 aromatic rings. The van der Waals surface area contributed by atoms with Gasteiger partial charge >= 0.3 is 0 Å². The number of carbonyl (C=O) groups is 1. The van der Waals surface area contributed by atoms with Crippen LogP contribution in [0.5, 0.6) is 0 Å². The zero-order chi connectivity index (χ0) is 21.3. The first-order valence-electron chi connectivity index (χ1n) is 9.90. The first-order valence-corrected chi connectivity index (χ1v) is 12.3. The van der Waals surface area contributed by atoms with Gasteiger partial charge in [0.2, 0.25) is 15.9 Å². The van der Waals surface area contributed by atoms with E-state index < -0.39 is 10.0 Å². The number of sulfonamides is 1. The molecule has 1 aliphatic rings. The fourth-order valence-corrected chi connectivity index (χ4v) is 5.00. The number of nitrogens with one attached hydrogen (secondary N) is 3. The van der Waals surface area contributed by atoms with Gasteiger partial charge in [0.05, 0.1) is 13.1 Å². The van der Waals surface area contributed by atoms with Gasteiger partial charge in [0.25, 0.3) is 0 Å². The predicted octanol–water partition coefficient (Wildman–Crippen LogP) is 0.134. The van der Waals surface area contributed by atoms with Crippen LogP contribution in [-0.4, -0.2) is 88.5 Å². The van der Waals surface area contributed by atoms with E-state index in [1.54, 1.807) is 17.5 Å². The van der Waals surface area contributed by atoms with Crippen molar-refractivity contribution in [1.82, 2.24) is 25.2 Å². The number of hydrogen-bond acceptors (Lipinski definition) is 6. The summed E-state index contributed by atoms with van der Waals surface area (Å²) in [6.07, 6.45) is 0. The molecule has 0 spiro atoms. The Morgan fingerprint density at radius 3 is 2.59 bits per heavy atom. The number of thiophene rings is 1. The first kappa shape index (κ1) is 23.6. The van der Waals surface area contributed by atoms with E-state index in [0.29, 0.717) is 17.3 Å². The lowest BCUT2D eigenvalue weighted by Crippen LogP contribution is -2.54. The molecule has 1 fully saturated rings. The molecule has 0 aromatic carbocycles. The Morgan fingerprint density at radius 2 is 2.00 bits per heavy atom. The lowest BCUT2D eigenvalue weighted by atomic mass is 10.3. The lowest BCUT2D eigenvalue weighted by Gasteiger charge is -2.36. The largest absolute Gasteiger partial charge is 0.357 e. The summed E-state index contributed by atoms with van der Waals surface area (Å²) < 4.78 is 27.2. The molecule has 11 heteroatoms. The van der Waals surface area contributed by atoms with E-state index >= 15 is 0 Å². The Labute approximate surface area is 177 Å². The molecule has 164 valence electrons. The van der Waals surface area contributed by atoms with Gasteiger partial charge in [0.15, 0.2) is 5.96 Å². The molecular formula is C18H32N6O3S2. The van der Waals surface area contributed by atoms with E-state index in [0.717, 1.165) is 38.7 Å². The van der Waals surface area contributed by atoms with Crippen molar-refractivity contribution in [2.45, 2.75) is 31.0 Å². The highest BCUT2D eigenvalue weighted by Crippen LogP contribution is 2.14. The van der Waals surface area contributed by atoms with E-state index in [2.05, 4.69) is 30.1 Å². The Kier molecular flexibility index (Phi) is 9.34. The van der Waals surface area contributed by atoms with Gasteiger partial charge in [-0.3, -0.25) is 14.7 Å². The number of hydrogen-bond donors (Lipinski definition) is 3. The third-order valence-corrected chi connectivity index (χ3v) is 7.11. The van der Waals surface area contributed by atoms with Crippen molar-refractivity contribution < 1.29 is 13.2 Å². The number of amides is 1. The molecule has 3 N–H and O–H groups in total. The van der Waals surface area contributed by atoms with E-state index in [1.165, 1.54) is 11.3 Å². The molecule has 0 saturated carbocycles. The molecule has 2 heterocycles. The van der Waals surface area contributed by atoms with Crippen LogP contribution >= 0.6 is 11.3 Å². The molecule has 1 saturated heterocycles. The van der Waals surface area contributed by atoms with E-state index in [1.807, 2.05) is 20.8 Å². The molecule has 0 radical (unpaired) electrons. The maximum absolute atomic E-state index is 12.1. The fourth-order valence-electron chi connectivity index (χ4n) is 2.94. The number of nitrogens with zero attached hydrogens (tertiary/aromatic N) is 3. The van der Waals surface area contributed by atoms with Crippen molar-refractivity contribution in [3.8, 4) is 0 Å². The van der Waals surface area contributed by atoms with Gasteiger partial charge in [-0.2, -0.15) is 0 Å². The molecule has 29 heavy (non-hydrogen) atoms. The number of rotatable bonds is 9. The summed E-state index contributed by atoms with van der Waals surface area (Å²) in [6.45, 7) is 10.7. The summed E-state index contributed by atoms with van der Waals surface area (Å²) >= 11 is 1.19. The number of carbonyl (C=O) groups excluding carboxylic acids is 1. The molecule has 0 atom stereocenters. The Hall–Kier alpha value is -1.69. The Bertz CT molecular complexity index is 757. The number of piperazine rings is 1. The minimum atomic E-state index is -3.46. The topological polar surface area (TPSA) is 106 Å². The second-order valence-electron chi connectivity index (χ2n) is 7.05. The van der Waals surface area contributed by atoms with Gasteiger partial charge in [-0.15, -0.1) is 11.3 Å². The first-order chi connectivity index (χ1) is 13.8. The van der Waals surface area contributed by atoms with Gasteiger partial charge in [0, 0.05) is 45.3 Å². The second-order valence-corrected chi connectivity index (χ2v) is 9.99. The molecule has 1 aromatic heterocycles. The summed E-state index contributed by atoms with van der Waals surface area (Å²) in [5.74, 6) is 0.821. The Morgan fingerprint density at radius 1 is 1.28 bits per heavy atom. The van der Waals surface area contributed by atoms with Crippen molar-refractivity contribution in [2.75, 3.05) is 52.4 Å². The quantitative estimate of drug-likeness (QED) is 0.284. The zero-order valence-electron chi connectivity index (χ0n) is 17.3. The van der Waals surface area contributed by atoms with E-state index in [-0.39, 0.29) is 18.5 Å². The van der Waals surface area contributed by atoms with Crippen LogP contribution < -0.4 is 15.4 Å². The SMILES string of the molecule is CCNC(=NCCNS(=O)(=O)c1cccs1)N1CCN(CC(=O)NC(C)C)CC1. The van der Waals surface area contributed by atoms with Crippen LogP contribution in [-0.2, 0) is 14.8 Å². The van der Waals surface area contributed by atoms with Crippen molar-refractivity contribution in [3.63, 3.8) is 0 Å². The minimum Gasteiger partial charge on any atom is -0.357 e.